The molecule has 0 saturated carbocycles. The number of hydrogen-bond donors (Lipinski definition) is 1. The van der Waals surface area contributed by atoms with Crippen molar-refractivity contribution in [2.75, 3.05) is 30.7 Å². The number of anilines is 1. The Morgan fingerprint density at radius 2 is 2.15 bits per heavy atom. The minimum Gasteiger partial charge on any atom is -0.361 e. The van der Waals surface area contributed by atoms with Crippen molar-refractivity contribution < 1.29 is 13.2 Å². The summed E-state index contributed by atoms with van der Waals surface area (Å²) in [6.07, 6.45) is 0.756. The number of nitrogens with one attached hydrogen (secondary N) is 1. The summed E-state index contributed by atoms with van der Waals surface area (Å²) in [7, 11) is -3.24. The fourth-order valence-corrected chi connectivity index (χ4v) is 2.64. The average Bonchev–Trinajstić information content (AvgIpc) is 2.40. The lowest BCUT2D eigenvalue weighted by molar-refractivity contribution is -0.00269. The van der Waals surface area contributed by atoms with E-state index in [-0.39, 0.29) is 6.10 Å². The second-order valence-corrected chi connectivity index (χ2v) is 6.54. The summed E-state index contributed by atoms with van der Waals surface area (Å²) < 4.78 is 29.9. The molecule has 108 valence electrons. The molecule has 0 bridgehead atoms. The predicted molar refractivity (Wildman–Crippen MR) is 75.5 cm³/mol. The first-order valence-corrected chi connectivity index (χ1v) is 8.16. The van der Waals surface area contributed by atoms with Crippen molar-refractivity contribution in [1.29, 1.82) is 5.26 Å². The van der Waals surface area contributed by atoms with Crippen LogP contribution in [0.25, 0.3) is 0 Å². The Morgan fingerprint density at radius 1 is 1.45 bits per heavy atom. The SMILES string of the molecule is CS(=O)(=O)Nc1ccc(CN2CCO[C@@H](C#N)C2)cc1. The molecule has 0 unspecified atom stereocenters. The number of hydrogen-bond acceptors (Lipinski definition) is 5. The van der Waals surface area contributed by atoms with Gasteiger partial charge in [-0.15, -0.1) is 0 Å². The van der Waals surface area contributed by atoms with Crippen LogP contribution in [0.1, 0.15) is 5.56 Å². The smallest absolute Gasteiger partial charge is 0.229 e. The molecule has 0 spiro atoms. The molecule has 1 heterocycles. The summed E-state index contributed by atoms with van der Waals surface area (Å²) in [6, 6.07) is 9.34. The number of rotatable bonds is 4. The van der Waals surface area contributed by atoms with Crippen molar-refractivity contribution in [3.8, 4) is 6.07 Å². The van der Waals surface area contributed by atoms with Gasteiger partial charge in [0.05, 0.1) is 18.9 Å². The van der Waals surface area contributed by atoms with E-state index in [1.165, 1.54) is 0 Å². The van der Waals surface area contributed by atoms with Gasteiger partial charge in [-0.3, -0.25) is 9.62 Å². The van der Waals surface area contributed by atoms with E-state index in [0.717, 1.165) is 24.9 Å². The molecule has 7 heteroatoms. The zero-order valence-electron chi connectivity index (χ0n) is 11.2. The van der Waals surface area contributed by atoms with Gasteiger partial charge in [0.15, 0.2) is 6.10 Å². The van der Waals surface area contributed by atoms with E-state index in [2.05, 4.69) is 15.7 Å². The third-order valence-electron chi connectivity index (χ3n) is 2.96. The summed E-state index contributed by atoms with van der Waals surface area (Å²) in [5.41, 5.74) is 1.62. The Labute approximate surface area is 119 Å². The molecular formula is C13H17N3O3S. The maximum atomic E-state index is 11.1. The maximum Gasteiger partial charge on any atom is 0.229 e. The Kier molecular flexibility index (Phi) is 4.60. The monoisotopic (exact) mass is 295 g/mol. The van der Waals surface area contributed by atoms with E-state index in [0.29, 0.717) is 18.8 Å². The Balaban J connectivity index is 1.95. The Bertz CT molecular complexity index is 592. The van der Waals surface area contributed by atoms with Gasteiger partial charge >= 0.3 is 0 Å². The van der Waals surface area contributed by atoms with E-state index < -0.39 is 10.0 Å². The summed E-state index contributed by atoms with van der Waals surface area (Å²) in [5, 5.41) is 8.85. The van der Waals surface area contributed by atoms with Crippen molar-refractivity contribution >= 4 is 15.7 Å². The molecule has 0 radical (unpaired) electrons. The van der Waals surface area contributed by atoms with Crippen LogP contribution in [0.3, 0.4) is 0 Å². The van der Waals surface area contributed by atoms with Gasteiger partial charge in [-0.1, -0.05) is 12.1 Å². The van der Waals surface area contributed by atoms with Gasteiger partial charge in [-0.25, -0.2) is 8.42 Å². The van der Waals surface area contributed by atoms with Crippen LogP contribution < -0.4 is 4.72 Å². The summed E-state index contributed by atoms with van der Waals surface area (Å²) >= 11 is 0. The molecule has 0 aromatic heterocycles. The largest absolute Gasteiger partial charge is 0.361 e. The van der Waals surface area contributed by atoms with Crippen LogP contribution in [0.2, 0.25) is 0 Å². The standard InChI is InChI=1S/C13H17N3O3S/c1-20(17,18)15-12-4-2-11(3-5-12)9-16-6-7-19-13(8-14)10-16/h2-5,13,15H,6-7,9-10H2,1H3/t13-/m0/s1. The van der Waals surface area contributed by atoms with Crippen LogP contribution in [-0.4, -0.2) is 45.4 Å². The third-order valence-corrected chi connectivity index (χ3v) is 3.56. The van der Waals surface area contributed by atoms with Gasteiger partial charge < -0.3 is 4.74 Å². The first-order chi connectivity index (χ1) is 9.46. The van der Waals surface area contributed by atoms with E-state index in [1.807, 2.05) is 12.1 Å². The third kappa shape index (κ3) is 4.49. The van der Waals surface area contributed by atoms with Gasteiger partial charge in [-0.2, -0.15) is 5.26 Å². The van der Waals surface area contributed by atoms with E-state index in [9.17, 15) is 8.42 Å². The molecular weight excluding hydrogens is 278 g/mol. The number of morpholine rings is 1. The summed E-state index contributed by atoms with van der Waals surface area (Å²) in [5.74, 6) is 0. The lowest BCUT2D eigenvalue weighted by Crippen LogP contribution is -2.41. The van der Waals surface area contributed by atoms with Gasteiger partial charge in [0, 0.05) is 25.3 Å². The highest BCUT2D eigenvalue weighted by atomic mass is 32.2. The van der Waals surface area contributed by atoms with Crippen LogP contribution in [0, 0.1) is 11.3 Å². The first-order valence-electron chi connectivity index (χ1n) is 6.26. The topological polar surface area (TPSA) is 82.4 Å². The number of nitrogens with zero attached hydrogens (tertiary/aromatic N) is 2. The molecule has 1 fully saturated rings. The highest BCUT2D eigenvalue weighted by Crippen LogP contribution is 2.14. The van der Waals surface area contributed by atoms with Crippen molar-refractivity contribution in [2.24, 2.45) is 0 Å². The first kappa shape index (κ1) is 14.8. The minimum absolute atomic E-state index is 0.366. The molecule has 0 aliphatic carbocycles. The van der Waals surface area contributed by atoms with Crippen LogP contribution >= 0.6 is 0 Å². The van der Waals surface area contributed by atoms with Crippen LogP contribution in [0.5, 0.6) is 0 Å². The molecule has 1 aliphatic heterocycles. The van der Waals surface area contributed by atoms with Crippen LogP contribution in [0.15, 0.2) is 24.3 Å². The predicted octanol–water partition coefficient (Wildman–Crippen LogP) is 0.782. The molecule has 20 heavy (non-hydrogen) atoms. The van der Waals surface area contributed by atoms with Crippen molar-refractivity contribution in [3.05, 3.63) is 29.8 Å². The lowest BCUT2D eigenvalue weighted by Gasteiger charge is -2.29. The number of benzene rings is 1. The zero-order valence-corrected chi connectivity index (χ0v) is 12.1. The van der Waals surface area contributed by atoms with E-state index in [4.69, 9.17) is 10.00 Å². The molecule has 1 aromatic carbocycles. The van der Waals surface area contributed by atoms with Gasteiger partial charge in [0.2, 0.25) is 10.0 Å². The number of nitriles is 1. The average molecular weight is 295 g/mol. The quantitative estimate of drug-likeness (QED) is 0.887. The van der Waals surface area contributed by atoms with Crippen LogP contribution in [0.4, 0.5) is 5.69 Å². The van der Waals surface area contributed by atoms with E-state index in [1.54, 1.807) is 12.1 Å². The highest BCUT2D eigenvalue weighted by Gasteiger charge is 2.19. The molecule has 1 saturated heterocycles. The fourth-order valence-electron chi connectivity index (χ4n) is 2.07. The Morgan fingerprint density at radius 3 is 2.75 bits per heavy atom. The fraction of sp³-hybridized carbons (Fsp3) is 0.462. The van der Waals surface area contributed by atoms with Gasteiger partial charge in [-0.05, 0) is 17.7 Å². The summed E-state index contributed by atoms with van der Waals surface area (Å²) in [6.45, 7) is 2.67. The van der Waals surface area contributed by atoms with Crippen molar-refractivity contribution in [1.82, 2.24) is 4.90 Å². The number of sulfonamides is 1. The number of ether oxygens (including phenoxy) is 1. The molecule has 1 atom stereocenters. The molecule has 1 aliphatic rings. The second-order valence-electron chi connectivity index (χ2n) is 4.79. The van der Waals surface area contributed by atoms with Crippen molar-refractivity contribution in [3.63, 3.8) is 0 Å². The summed E-state index contributed by atoms with van der Waals surface area (Å²) in [4.78, 5) is 2.15. The second kappa shape index (κ2) is 6.22. The molecule has 1 N–H and O–H groups in total. The highest BCUT2D eigenvalue weighted by molar-refractivity contribution is 7.92. The minimum atomic E-state index is -3.24. The zero-order chi connectivity index (χ0) is 14.6. The maximum absolute atomic E-state index is 11.1. The van der Waals surface area contributed by atoms with Crippen LogP contribution in [-0.2, 0) is 21.3 Å². The molecule has 0 amide bonds. The van der Waals surface area contributed by atoms with Gasteiger partial charge in [0.1, 0.15) is 0 Å². The molecule has 6 nitrogen and oxygen atoms in total. The normalized spacial score (nSPS) is 20.3. The Hall–Kier alpha value is -1.62. The lowest BCUT2D eigenvalue weighted by atomic mass is 10.2. The van der Waals surface area contributed by atoms with E-state index >= 15 is 0 Å². The van der Waals surface area contributed by atoms with Crippen molar-refractivity contribution in [2.45, 2.75) is 12.6 Å². The molecule has 1 aromatic rings. The van der Waals surface area contributed by atoms with Gasteiger partial charge in [0.25, 0.3) is 0 Å². The molecule has 2 rings (SSSR count).